The Morgan fingerprint density at radius 1 is 1.25 bits per heavy atom. The molecule has 0 aromatic heterocycles. The van der Waals surface area contributed by atoms with Gasteiger partial charge in [-0.1, -0.05) is 6.92 Å². The highest BCUT2D eigenvalue weighted by atomic mass is 32.2. The minimum absolute atomic E-state index is 0.0172. The second-order valence-electron chi connectivity index (χ2n) is 5.69. The third kappa shape index (κ3) is 3.84. The van der Waals surface area contributed by atoms with E-state index < -0.39 is 25.9 Å². The SMILES string of the molecule is CCCN([C@@H]1CCS(=O)(=O)C1)S(=O)(=O)c1ccc(OC)cc1OC. The monoisotopic (exact) mass is 377 g/mol. The number of methoxy groups -OCH3 is 2. The molecule has 0 N–H and O–H groups in total. The van der Waals surface area contributed by atoms with Crippen molar-refractivity contribution in [3.63, 3.8) is 0 Å². The van der Waals surface area contributed by atoms with E-state index in [1.165, 1.54) is 30.7 Å². The number of nitrogens with zero attached hydrogens (tertiary/aromatic N) is 1. The maximum atomic E-state index is 13.1. The predicted molar refractivity (Wildman–Crippen MR) is 90.8 cm³/mol. The molecule has 0 spiro atoms. The molecule has 0 amide bonds. The Hall–Kier alpha value is -1.32. The molecule has 1 heterocycles. The molecular formula is C15H23NO6S2. The summed E-state index contributed by atoms with van der Waals surface area (Å²) in [6.07, 6.45) is 0.911. The summed E-state index contributed by atoms with van der Waals surface area (Å²) < 4.78 is 61.3. The number of hydrogen-bond acceptors (Lipinski definition) is 6. The third-order valence-electron chi connectivity index (χ3n) is 4.02. The summed E-state index contributed by atoms with van der Waals surface area (Å²) in [5.74, 6) is 0.547. The van der Waals surface area contributed by atoms with Crippen LogP contribution in [0.25, 0.3) is 0 Å². The van der Waals surface area contributed by atoms with Crippen molar-refractivity contribution >= 4 is 19.9 Å². The smallest absolute Gasteiger partial charge is 0.247 e. The summed E-state index contributed by atoms with van der Waals surface area (Å²) in [5, 5.41) is 0. The lowest BCUT2D eigenvalue weighted by Gasteiger charge is -2.27. The second-order valence-corrected chi connectivity index (χ2v) is 9.78. The molecule has 1 aliphatic rings. The lowest BCUT2D eigenvalue weighted by atomic mass is 10.2. The van der Waals surface area contributed by atoms with Crippen LogP contribution in [-0.2, 0) is 19.9 Å². The zero-order chi connectivity index (χ0) is 18.0. The largest absolute Gasteiger partial charge is 0.497 e. The summed E-state index contributed by atoms with van der Waals surface area (Å²) in [7, 11) is -4.19. The molecule has 1 aromatic rings. The molecule has 1 aromatic carbocycles. The number of benzene rings is 1. The molecule has 1 atom stereocenters. The summed E-state index contributed by atoms with van der Waals surface area (Å²) >= 11 is 0. The van der Waals surface area contributed by atoms with Crippen molar-refractivity contribution in [2.75, 3.05) is 32.3 Å². The van der Waals surface area contributed by atoms with Gasteiger partial charge in [0, 0.05) is 18.7 Å². The zero-order valence-corrected chi connectivity index (χ0v) is 15.7. The van der Waals surface area contributed by atoms with Crippen molar-refractivity contribution in [3.05, 3.63) is 18.2 Å². The molecule has 9 heteroatoms. The fourth-order valence-corrected chi connectivity index (χ4v) is 6.55. The Bertz CT molecular complexity index is 788. The lowest BCUT2D eigenvalue weighted by Crippen LogP contribution is -2.41. The van der Waals surface area contributed by atoms with Crippen LogP contribution in [0.1, 0.15) is 19.8 Å². The molecule has 0 bridgehead atoms. The highest BCUT2D eigenvalue weighted by Gasteiger charge is 2.39. The lowest BCUT2D eigenvalue weighted by molar-refractivity contribution is 0.336. The third-order valence-corrected chi connectivity index (χ3v) is 7.76. The van der Waals surface area contributed by atoms with E-state index in [9.17, 15) is 16.8 Å². The average Bonchev–Trinajstić information content (AvgIpc) is 2.91. The van der Waals surface area contributed by atoms with Crippen LogP contribution in [0.4, 0.5) is 0 Å². The molecule has 1 saturated heterocycles. The molecular weight excluding hydrogens is 354 g/mol. The first-order chi connectivity index (χ1) is 11.2. The summed E-state index contributed by atoms with van der Waals surface area (Å²) in [6.45, 7) is 2.12. The first-order valence-electron chi connectivity index (χ1n) is 7.69. The molecule has 136 valence electrons. The summed E-state index contributed by atoms with van der Waals surface area (Å²) in [5.41, 5.74) is 0. The van der Waals surface area contributed by atoms with Crippen molar-refractivity contribution in [3.8, 4) is 11.5 Å². The van der Waals surface area contributed by atoms with Crippen molar-refractivity contribution in [1.82, 2.24) is 4.31 Å². The fraction of sp³-hybridized carbons (Fsp3) is 0.600. The van der Waals surface area contributed by atoms with Crippen molar-refractivity contribution < 1.29 is 26.3 Å². The Morgan fingerprint density at radius 2 is 1.96 bits per heavy atom. The van der Waals surface area contributed by atoms with E-state index in [1.807, 2.05) is 6.92 Å². The molecule has 0 saturated carbocycles. The summed E-state index contributed by atoms with van der Waals surface area (Å²) in [4.78, 5) is 0.0172. The standard InChI is InChI=1S/C15H23NO6S2/c1-4-8-16(12-7-9-23(17,18)11-12)24(19,20)15-6-5-13(21-2)10-14(15)22-3/h5-6,10,12H,4,7-9,11H2,1-3H3/t12-/m1/s1. The fourth-order valence-electron chi connectivity index (χ4n) is 2.84. The molecule has 1 aliphatic heterocycles. The number of rotatable bonds is 7. The van der Waals surface area contributed by atoms with Gasteiger partial charge in [-0.25, -0.2) is 16.8 Å². The van der Waals surface area contributed by atoms with Crippen LogP contribution >= 0.6 is 0 Å². The van der Waals surface area contributed by atoms with Crippen LogP contribution in [0.3, 0.4) is 0 Å². The van der Waals surface area contributed by atoms with Gasteiger partial charge >= 0.3 is 0 Å². The highest BCUT2D eigenvalue weighted by Crippen LogP contribution is 2.33. The van der Waals surface area contributed by atoms with E-state index >= 15 is 0 Å². The van der Waals surface area contributed by atoms with Crippen LogP contribution in [-0.4, -0.2) is 59.5 Å². The van der Waals surface area contributed by atoms with Crippen molar-refractivity contribution in [2.45, 2.75) is 30.7 Å². The van der Waals surface area contributed by atoms with Crippen LogP contribution in [0.15, 0.2) is 23.1 Å². The van der Waals surface area contributed by atoms with Crippen LogP contribution in [0.5, 0.6) is 11.5 Å². The minimum atomic E-state index is -3.88. The van der Waals surface area contributed by atoms with Crippen LogP contribution in [0, 0.1) is 0 Å². The van der Waals surface area contributed by atoms with E-state index in [4.69, 9.17) is 9.47 Å². The van der Waals surface area contributed by atoms with Gasteiger partial charge in [0.25, 0.3) is 0 Å². The number of sulfone groups is 1. The van der Waals surface area contributed by atoms with Gasteiger partial charge in [-0.15, -0.1) is 0 Å². The van der Waals surface area contributed by atoms with Gasteiger partial charge in [0.05, 0.1) is 25.7 Å². The van der Waals surface area contributed by atoms with Gasteiger partial charge in [0.1, 0.15) is 16.4 Å². The Morgan fingerprint density at radius 3 is 2.46 bits per heavy atom. The van der Waals surface area contributed by atoms with E-state index in [1.54, 1.807) is 6.07 Å². The molecule has 0 aliphatic carbocycles. The second kappa shape index (κ2) is 7.28. The van der Waals surface area contributed by atoms with Gasteiger partial charge in [-0.3, -0.25) is 0 Å². The molecule has 7 nitrogen and oxygen atoms in total. The van der Waals surface area contributed by atoms with Crippen LogP contribution in [0.2, 0.25) is 0 Å². The Kier molecular flexibility index (Phi) is 5.77. The first kappa shape index (κ1) is 19.0. The topological polar surface area (TPSA) is 90.0 Å². The Balaban J connectivity index is 2.45. The first-order valence-corrected chi connectivity index (χ1v) is 11.0. The Labute approximate surface area is 143 Å². The predicted octanol–water partition coefficient (Wildman–Crippen LogP) is 1.29. The molecule has 2 rings (SSSR count). The molecule has 0 unspecified atom stereocenters. The van der Waals surface area contributed by atoms with E-state index in [0.717, 1.165) is 0 Å². The minimum Gasteiger partial charge on any atom is -0.497 e. The van der Waals surface area contributed by atoms with Gasteiger partial charge in [-0.05, 0) is 25.0 Å². The van der Waals surface area contributed by atoms with Gasteiger partial charge < -0.3 is 9.47 Å². The number of ether oxygens (including phenoxy) is 2. The number of hydrogen-bond donors (Lipinski definition) is 0. The van der Waals surface area contributed by atoms with E-state index in [2.05, 4.69) is 0 Å². The summed E-state index contributed by atoms with van der Waals surface area (Å²) in [6, 6.07) is 3.94. The average molecular weight is 377 g/mol. The van der Waals surface area contributed by atoms with E-state index in [0.29, 0.717) is 18.6 Å². The zero-order valence-electron chi connectivity index (χ0n) is 14.1. The molecule has 24 heavy (non-hydrogen) atoms. The van der Waals surface area contributed by atoms with Gasteiger partial charge in [0.15, 0.2) is 9.84 Å². The van der Waals surface area contributed by atoms with Crippen molar-refractivity contribution in [2.24, 2.45) is 0 Å². The van der Waals surface area contributed by atoms with E-state index in [-0.39, 0.29) is 28.7 Å². The molecule has 0 radical (unpaired) electrons. The molecule has 1 fully saturated rings. The number of sulfonamides is 1. The highest BCUT2D eigenvalue weighted by molar-refractivity contribution is 7.92. The maximum absolute atomic E-state index is 13.1. The van der Waals surface area contributed by atoms with Crippen LogP contribution < -0.4 is 9.47 Å². The van der Waals surface area contributed by atoms with Crippen molar-refractivity contribution in [1.29, 1.82) is 0 Å². The van der Waals surface area contributed by atoms with Gasteiger partial charge in [-0.2, -0.15) is 4.31 Å². The maximum Gasteiger partial charge on any atom is 0.247 e. The quantitative estimate of drug-likeness (QED) is 0.711. The normalized spacial score (nSPS) is 20.2. The van der Waals surface area contributed by atoms with Gasteiger partial charge in [0.2, 0.25) is 10.0 Å².